The van der Waals surface area contributed by atoms with Crippen molar-refractivity contribution < 1.29 is 0 Å². The molecule has 3 nitrogen and oxygen atoms in total. The molecule has 0 saturated heterocycles. The lowest BCUT2D eigenvalue weighted by Crippen LogP contribution is -2.31. The molecule has 0 N–H and O–H groups in total. The highest BCUT2D eigenvalue weighted by molar-refractivity contribution is 5.28. The fourth-order valence-electron chi connectivity index (χ4n) is 2.00. The highest BCUT2D eigenvalue weighted by atomic mass is 15.1. The number of nitriles is 1. The summed E-state index contributed by atoms with van der Waals surface area (Å²) in [6.45, 7) is 11.3. The first-order valence-electron chi connectivity index (χ1n) is 6.62. The Hall–Kier alpha value is -1.40. The van der Waals surface area contributed by atoms with Crippen molar-refractivity contribution in [2.75, 3.05) is 19.6 Å². The van der Waals surface area contributed by atoms with Gasteiger partial charge in [-0.15, -0.1) is 0 Å². The van der Waals surface area contributed by atoms with Crippen molar-refractivity contribution in [3.8, 4) is 6.07 Å². The third kappa shape index (κ3) is 3.54. The average Bonchev–Trinajstić information content (AvgIpc) is 2.39. The van der Waals surface area contributed by atoms with Gasteiger partial charge in [0.2, 0.25) is 0 Å². The summed E-state index contributed by atoms with van der Waals surface area (Å²) in [4.78, 5) is 6.71. The molecule has 0 aliphatic carbocycles. The Morgan fingerprint density at radius 2 is 2.06 bits per heavy atom. The molecule has 1 unspecified atom stereocenters. The van der Waals surface area contributed by atoms with Crippen LogP contribution in [0.1, 0.15) is 38.4 Å². The molecule has 0 amide bonds. The van der Waals surface area contributed by atoms with Gasteiger partial charge < -0.3 is 4.90 Å². The second kappa shape index (κ2) is 6.51. The zero-order valence-electron chi connectivity index (χ0n) is 11.9. The van der Waals surface area contributed by atoms with Crippen molar-refractivity contribution in [1.82, 2.24) is 9.88 Å². The normalized spacial score (nSPS) is 14.2. The van der Waals surface area contributed by atoms with Gasteiger partial charge in [-0.3, -0.25) is 4.98 Å². The lowest BCUT2D eigenvalue weighted by molar-refractivity contribution is 0.279. The molecular formula is C15H23N3. The fourth-order valence-corrected chi connectivity index (χ4v) is 2.00. The van der Waals surface area contributed by atoms with Crippen LogP contribution >= 0.6 is 0 Å². The van der Waals surface area contributed by atoms with Crippen molar-refractivity contribution in [2.24, 2.45) is 0 Å². The molecule has 0 aliphatic heterocycles. The molecule has 0 radical (unpaired) electrons. The summed E-state index contributed by atoms with van der Waals surface area (Å²) in [6, 6.07) is 6.42. The van der Waals surface area contributed by atoms with Gasteiger partial charge >= 0.3 is 0 Å². The monoisotopic (exact) mass is 245 g/mol. The summed E-state index contributed by atoms with van der Waals surface area (Å²) >= 11 is 0. The van der Waals surface area contributed by atoms with Gasteiger partial charge in [0.25, 0.3) is 0 Å². The zero-order valence-corrected chi connectivity index (χ0v) is 11.9. The van der Waals surface area contributed by atoms with E-state index in [-0.39, 0.29) is 0 Å². The maximum atomic E-state index is 9.48. The van der Waals surface area contributed by atoms with E-state index in [0.717, 1.165) is 37.3 Å². The predicted molar refractivity (Wildman–Crippen MR) is 74.3 cm³/mol. The Morgan fingerprint density at radius 1 is 1.39 bits per heavy atom. The number of aryl methyl sites for hydroxylation is 1. The van der Waals surface area contributed by atoms with Crippen LogP contribution in [0, 0.1) is 18.3 Å². The van der Waals surface area contributed by atoms with Crippen LogP contribution in [0.25, 0.3) is 0 Å². The Balaban J connectivity index is 2.83. The third-order valence-corrected chi connectivity index (χ3v) is 3.55. The summed E-state index contributed by atoms with van der Waals surface area (Å²) in [7, 11) is 0. The van der Waals surface area contributed by atoms with Crippen LogP contribution in [0.5, 0.6) is 0 Å². The second-order valence-corrected chi connectivity index (χ2v) is 4.94. The summed E-state index contributed by atoms with van der Waals surface area (Å²) < 4.78 is 0. The molecule has 18 heavy (non-hydrogen) atoms. The van der Waals surface area contributed by atoms with E-state index in [1.54, 1.807) is 6.20 Å². The lowest BCUT2D eigenvalue weighted by atomic mass is 9.84. The van der Waals surface area contributed by atoms with Gasteiger partial charge in [0.05, 0.1) is 17.2 Å². The molecule has 1 atom stereocenters. The predicted octanol–water partition coefficient (Wildman–Crippen LogP) is 2.90. The third-order valence-electron chi connectivity index (χ3n) is 3.55. The van der Waals surface area contributed by atoms with Crippen molar-refractivity contribution in [1.29, 1.82) is 5.26 Å². The van der Waals surface area contributed by atoms with Crippen LogP contribution in [-0.4, -0.2) is 29.5 Å². The first-order chi connectivity index (χ1) is 8.55. The first kappa shape index (κ1) is 14.7. The molecular weight excluding hydrogens is 222 g/mol. The molecule has 0 fully saturated rings. The highest BCUT2D eigenvalue weighted by Gasteiger charge is 2.28. The van der Waals surface area contributed by atoms with Gasteiger partial charge in [-0.05, 0) is 51.1 Å². The van der Waals surface area contributed by atoms with Crippen LogP contribution < -0.4 is 0 Å². The standard InChI is InChI=1S/C15H23N3/c1-5-18(6-2)10-8-15(4,12-16)14-11-13(3)7-9-17-14/h7,9,11H,5-6,8,10H2,1-4H3. The molecule has 0 bridgehead atoms. The Kier molecular flexibility index (Phi) is 5.30. The molecule has 1 rings (SSSR count). The summed E-state index contributed by atoms with van der Waals surface area (Å²) in [6.07, 6.45) is 2.61. The van der Waals surface area contributed by atoms with Gasteiger partial charge in [0, 0.05) is 12.7 Å². The van der Waals surface area contributed by atoms with E-state index in [2.05, 4.69) is 29.8 Å². The minimum Gasteiger partial charge on any atom is -0.304 e. The molecule has 1 aromatic rings. The Bertz CT molecular complexity index is 418. The van der Waals surface area contributed by atoms with Gasteiger partial charge in [0.1, 0.15) is 0 Å². The van der Waals surface area contributed by atoms with Crippen LogP contribution in [0.15, 0.2) is 18.3 Å². The number of pyridine rings is 1. The summed E-state index contributed by atoms with van der Waals surface area (Å²) in [5.41, 5.74) is 1.55. The van der Waals surface area contributed by atoms with Gasteiger partial charge in [0.15, 0.2) is 0 Å². The van der Waals surface area contributed by atoms with E-state index in [0.29, 0.717) is 0 Å². The highest BCUT2D eigenvalue weighted by Crippen LogP contribution is 2.26. The SMILES string of the molecule is CCN(CC)CCC(C)(C#N)c1cc(C)ccn1. The molecule has 0 spiro atoms. The minimum absolute atomic E-state index is 0.491. The smallest absolute Gasteiger partial charge is 0.0977 e. The summed E-state index contributed by atoms with van der Waals surface area (Å²) in [5, 5.41) is 9.48. The second-order valence-electron chi connectivity index (χ2n) is 4.94. The lowest BCUT2D eigenvalue weighted by Gasteiger charge is -2.25. The Labute approximate surface area is 110 Å². The van der Waals surface area contributed by atoms with Crippen molar-refractivity contribution in [3.05, 3.63) is 29.6 Å². The fraction of sp³-hybridized carbons (Fsp3) is 0.600. The van der Waals surface area contributed by atoms with Crippen molar-refractivity contribution >= 4 is 0 Å². The maximum absolute atomic E-state index is 9.48. The van der Waals surface area contributed by atoms with Gasteiger partial charge in [-0.1, -0.05) is 13.8 Å². The molecule has 1 aromatic heterocycles. The van der Waals surface area contributed by atoms with E-state index in [1.165, 1.54) is 0 Å². The number of rotatable bonds is 6. The molecule has 3 heteroatoms. The molecule has 0 aromatic carbocycles. The number of hydrogen-bond acceptors (Lipinski definition) is 3. The Morgan fingerprint density at radius 3 is 2.56 bits per heavy atom. The van der Waals surface area contributed by atoms with Crippen LogP contribution in [0.3, 0.4) is 0 Å². The number of hydrogen-bond donors (Lipinski definition) is 0. The van der Waals surface area contributed by atoms with E-state index in [9.17, 15) is 5.26 Å². The van der Waals surface area contributed by atoms with E-state index in [4.69, 9.17) is 0 Å². The van der Waals surface area contributed by atoms with Crippen LogP contribution in [-0.2, 0) is 5.41 Å². The molecule has 98 valence electrons. The van der Waals surface area contributed by atoms with E-state index >= 15 is 0 Å². The quantitative estimate of drug-likeness (QED) is 0.773. The van der Waals surface area contributed by atoms with Crippen molar-refractivity contribution in [3.63, 3.8) is 0 Å². The van der Waals surface area contributed by atoms with Crippen LogP contribution in [0.2, 0.25) is 0 Å². The van der Waals surface area contributed by atoms with Crippen molar-refractivity contribution in [2.45, 2.75) is 39.5 Å². The van der Waals surface area contributed by atoms with E-state index in [1.807, 2.05) is 26.0 Å². The molecule has 0 saturated carbocycles. The maximum Gasteiger partial charge on any atom is 0.0977 e. The number of nitrogens with zero attached hydrogens (tertiary/aromatic N) is 3. The summed E-state index contributed by atoms with van der Waals surface area (Å²) in [5.74, 6) is 0. The largest absolute Gasteiger partial charge is 0.304 e. The zero-order chi connectivity index (χ0) is 13.6. The topological polar surface area (TPSA) is 39.9 Å². The molecule has 1 heterocycles. The number of aromatic nitrogens is 1. The molecule has 0 aliphatic rings. The van der Waals surface area contributed by atoms with Gasteiger partial charge in [-0.25, -0.2) is 0 Å². The van der Waals surface area contributed by atoms with Gasteiger partial charge in [-0.2, -0.15) is 5.26 Å². The first-order valence-corrected chi connectivity index (χ1v) is 6.62. The average molecular weight is 245 g/mol. The minimum atomic E-state index is -0.491. The van der Waals surface area contributed by atoms with Crippen LogP contribution in [0.4, 0.5) is 0 Å². The van der Waals surface area contributed by atoms with E-state index < -0.39 is 5.41 Å².